The highest BCUT2D eigenvalue weighted by atomic mass is 16.5. The molecule has 0 radical (unpaired) electrons. The van der Waals surface area contributed by atoms with Gasteiger partial charge in [0, 0.05) is 30.9 Å². The molecule has 29 heavy (non-hydrogen) atoms. The highest BCUT2D eigenvalue weighted by Gasteiger charge is 2.32. The Morgan fingerprint density at radius 3 is 2.79 bits per heavy atom. The van der Waals surface area contributed by atoms with Gasteiger partial charge in [-0.25, -0.2) is 0 Å². The molecule has 0 saturated carbocycles. The molecule has 2 aromatic carbocycles. The van der Waals surface area contributed by atoms with Gasteiger partial charge in [-0.05, 0) is 37.1 Å². The standard InChI is InChI=1S/C23H25N3O3/c1-23(2)13-17-9-5-10-20(22(17)29-23)28-16-21(27)24-14-18-7-3-4-8-19(18)15-26-12-6-11-25-26/h3-12H,13-16H2,1-2H3,(H,24,27). The fraction of sp³-hybridized carbons (Fsp3) is 0.304. The van der Waals surface area contributed by atoms with E-state index in [4.69, 9.17) is 9.47 Å². The van der Waals surface area contributed by atoms with Gasteiger partial charge in [0.25, 0.3) is 5.91 Å². The minimum atomic E-state index is -0.248. The number of aromatic nitrogens is 2. The van der Waals surface area contributed by atoms with E-state index in [1.54, 1.807) is 6.20 Å². The molecule has 150 valence electrons. The number of nitrogens with one attached hydrogen (secondary N) is 1. The smallest absolute Gasteiger partial charge is 0.258 e. The summed E-state index contributed by atoms with van der Waals surface area (Å²) >= 11 is 0. The van der Waals surface area contributed by atoms with Crippen molar-refractivity contribution < 1.29 is 14.3 Å². The second-order valence-corrected chi connectivity index (χ2v) is 7.82. The largest absolute Gasteiger partial charge is 0.483 e. The van der Waals surface area contributed by atoms with Crippen LogP contribution in [0.2, 0.25) is 0 Å². The summed E-state index contributed by atoms with van der Waals surface area (Å²) in [6, 6.07) is 15.7. The summed E-state index contributed by atoms with van der Waals surface area (Å²) in [4.78, 5) is 12.4. The van der Waals surface area contributed by atoms with Crippen molar-refractivity contribution in [2.45, 2.75) is 39.0 Å². The molecule has 0 atom stereocenters. The Morgan fingerprint density at radius 2 is 2.00 bits per heavy atom. The summed E-state index contributed by atoms with van der Waals surface area (Å²) in [5.74, 6) is 1.19. The molecule has 4 rings (SSSR count). The van der Waals surface area contributed by atoms with Gasteiger partial charge < -0.3 is 14.8 Å². The second-order valence-electron chi connectivity index (χ2n) is 7.82. The predicted octanol–water partition coefficient (Wildman–Crippen LogP) is 3.34. The molecule has 0 aliphatic carbocycles. The van der Waals surface area contributed by atoms with Gasteiger partial charge in [-0.2, -0.15) is 5.10 Å². The first kappa shape index (κ1) is 19.1. The lowest BCUT2D eigenvalue weighted by molar-refractivity contribution is -0.123. The topological polar surface area (TPSA) is 65.4 Å². The van der Waals surface area contributed by atoms with Crippen LogP contribution in [0.15, 0.2) is 60.9 Å². The van der Waals surface area contributed by atoms with Gasteiger partial charge in [0.1, 0.15) is 5.60 Å². The Kier molecular flexibility index (Phi) is 5.25. The zero-order valence-corrected chi connectivity index (χ0v) is 16.7. The van der Waals surface area contributed by atoms with Crippen molar-refractivity contribution >= 4 is 5.91 Å². The summed E-state index contributed by atoms with van der Waals surface area (Å²) in [5, 5.41) is 7.19. The van der Waals surface area contributed by atoms with Gasteiger partial charge in [-0.15, -0.1) is 0 Å². The molecule has 1 N–H and O–H groups in total. The maximum Gasteiger partial charge on any atom is 0.258 e. The van der Waals surface area contributed by atoms with Crippen LogP contribution in [0.25, 0.3) is 0 Å². The highest BCUT2D eigenvalue weighted by molar-refractivity contribution is 5.77. The number of rotatable bonds is 7. The van der Waals surface area contributed by atoms with Crippen LogP contribution < -0.4 is 14.8 Å². The zero-order chi connectivity index (χ0) is 20.3. The van der Waals surface area contributed by atoms with E-state index in [9.17, 15) is 4.79 Å². The molecule has 1 amide bonds. The van der Waals surface area contributed by atoms with Crippen LogP contribution in [0.5, 0.6) is 11.5 Å². The molecule has 0 spiro atoms. The average Bonchev–Trinajstić information content (AvgIpc) is 3.31. The van der Waals surface area contributed by atoms with Gasteiger partial charge in [-0.3, -0.25) is 9.48 Å². The Hall–Kier alpha value is -3.28. The molecular formula is C23H25N3O3. The number of ether oxygens (including phenoxy) is 2. The monoisotopic (exact) mass is 391 g/mol. The summed E-state index contributed by atoms with van der Waals surface area (Å²) < 4.78 is 13.6. The van der Waals surface area contributed by atoms with E-state index in [1.807, 2.05) is 73.3 Å². The lowest BCUT2D eigenvalue weighted by atomic mass is 10.0. The van der Waals surface area contributed by atoms with E-state index in [2.05, 4.69) is 10.4 Å². The van der Waals surface area contributed by atoms with Crippen molar-refractivity contribution in [1.29, 1.82) is 0 Å². The average molecular weight is 391 g/mol. The van der Waals surface area contributed by atoms with Crippen LogP contribution in [0.3, 0.4) is 0 Å². The molecule has 6 nitrogen and oxygen atoms in total. The first-order chi connectivity index (χ1) is 14.0. The zero-order valence-electron chi connectivity index (χ0n) is 16.7. The first-order valence-electron chi connectivity index (χ1n) is 9.75. The molecule has 3 aromatic rings. The number of carbonyl (C=O) groups is 1. The summed E-state index contributed by atoms with van der Waals surface area (Å²) in [7, 11) is 0. The third-order valence-electron chi connectivity index (χ3n) is 4.90. The Labute approximate surface area is 170 Å². The fourth-order valence-electron chi connectivity index (χ4n) is 3.54. The number of carbonyl (C=O) groups excluding carboxylic acids is 1. The van der Waals surface area contributed by atoms with Gasteiger partial charge in [0.15, 0.2) is 18.1 Å². The Bertz CT molecular complexity index is 996. The van der Waals surface area contributed by atoms with Crippen molar-refractivity contribution in [1.82, 2.24) is 15.1 Å². The van der Waals surface area contributed by atoms with Crippen LogP contribution in [-0.4, -0.2) is 27.9 Å². The predicted molar refractivity (Wildman–Crippen MR) is 110 cm³/mol. The van der Waals surface area contributed by atoms with Crippen molar-refractivity contribution in [2.24, 2.45) is 0 Å². The minimum Gasteiger partial charge on any atom is -0.483 e. The maximum absolute atomic E-state index is 12.4. The summed E-state index contributed by atoms with van der Waals surface area (Å²) in [5.41, 5.74) is 3.04. The van der Waals surface area contributed by atoms with Gasteiger partial charge in [0.05, 0.1) is 6.54 Å². The number of fused-ring (bicyclic) bond motifs is 1. The molecular weight excluding hydrogens is 366 g/mol. The second kappa shape index (κ2) is 7.99. The van der Waals surface area contributed by atoms with Crippen molar-refractivity contribution in [3.63, 3.8) is 0 Å². The molecule has 0 saturated heterocycles. The van der Waals surface area contributed by atoms with E-state index >= 15 is 0 Å². The van der Waals surface area contributed by atoms with Gasteiger partial charge in [0.2, 0.25) is 0 Å². The Morgan fingerprint density at radius 1 is 1.17 bits per heavy atom. The number of hydrogen-bond acceptors (Lipinski definition) is 4. The van der Waals surface area contributed by atoms with Crippen molar-refractivity contribution in [2.75, 3.05) is 6.61 Å². The van der Waals surface area contributed by atoms with Crippen molar-refractivity contribution in [3.8, 4) is 11.5 Å². The van der Waals surface area contributed by atoms with Crippen LogP contribution >= 0.6 is 0 Å². The number of para-hydroxylation sites is 1. The molecule has 0 unspecified atom stereocenters. The van der Waals surface area contributed by atoms with Crippen LogP contribution in [0.4, 0.5) is 0 Å². The van der Waals surface area contributed by atoms with E-state index in [1.165, 1.54) is 0 Å². The highest BCUT2D eigenvalue weighted by Crippen LogP contribution is 2.41. The molecule has 2 heterocycles. The molecule has 1 aliphatic rings. The number of nitrogens with zero attached hydrogens (tertiary/aromatic N) is 2. The number of benzene rings is 2. The van der Waals surface area contributed by atoms with E-state index < -0.39 is 0 Å². The normalized spacial score (nSPS) is 14.1. The molecule has 1 aromatic heterocycles. The number of amides is 1. The lowest BCUT2D eigenvalue weighted by Crippen LogP contribution is -2.29. The minimum absolute atomic E-state index is 0.0540. The van der Waals surface area contributed by atoms with E-state index in [0.717, 1.165) is 28.9 Å². The van der Waals surface area contributed by atoms with E-state index in [0.29, 0.717) is 18.8 Å². The van der Waals surface area contributed by atoms with Crippen LogP contribution in [0, 0.1) is 0 Å². The fourth-order valence-corrected chi connectivity index (χ4v) is 3.54. The quantitative estimate of drug-likeness (QED) is 0.671. The SMILES string of the molecule is CC1(C)Cc2cccc(OCC(=O)NCc3ccccc3Cn3cccn3)c2O1. The lowest BCUT2D eigenvalue weighted by Gasteiger charge is -2.18. The third kappa shape index (κ3) is 4.59. The maximum atomic E-state index is 12.4. The van der Waals surface area contributed by atoms with Crippen LogP contribution in [-0.2, 0) is 24.3 Å². The molecule has 6 heteroatoms. The Balaban J connectivity index is 1.34. The molecule has 0 bridgehead atoms. The molecule has 0 fully saturated rings. The van der Waals surface area contributed by atoms with Gasteiger partial charge in [-0.1, -0.05) is 36.4 Å². The molecule has 1 aliphatic heterocycles. The van der Waals surface area contributed by atoms with Gasteiger partial charge >= 0.3 is 0 Å². The number of hydrogen-bond donors (Lipinski definition) is 1. The third-order valence-corrected chi connectivity index (χ3v) is 4.90. The van der Waals surface area contributed by atoms with E-state index in [-0.39, 0.29) is 18.1 Å². The first-order valence-corrected chi connectivity index (χ1v) is 9.75. The summed E-state index contributed by atoms with van der Waals surface area (Å²) in [6.45, 7) is 5.14. The van der Waals surface area contributed by atoms with Crippen LogP contribution in [0.1, 0.15) is 30.5 Å². The van der Waals surface area contributed by atoms with Crippen molar-refractivity contribution in [3.05, 3.63) is 77.6 Å². The summed E-state index contributed by atoms with van der Waals surface area (Å²) in [6.07, 6.45) is 4.51.